The third-order valence-electron chi connectivity index (χ3n) is 5.33. The van der Waals surface area contributed by atoms with Gasteiger partial charge in [-0.05, 0) is 44.0 Å². The fourth-order valence-electron chi connectivity index (χ4n) is 3.40. The smallest absolute Gasteiger partial charge is 0.321 e. The SMILES string of the molecule is Cc1ccn(-c2cc(N3CCN(C(=O)Nc4cccc(C)c4C)CC3)ncn2)n1. The predicted octanol–water partition coefficient (Wildman–Crippen LogP) is 2.94. The van der Waals surface area contributed by atoms with Gasteiger partial charge in [0.15, 0.2) is 5.82 Å². The summed E-state index contributed by atoms with van der Waals surface area (Å²) in [5.74, 6) is 1.58. The number of nitrogens with one attached hydrogen (secondary N) is 1. The molecule has 0 spiro atoms. The van der Waals surface area contributed by atoms with E-state index >= 15 is 0 Å². The van der Waals surface area contributed by atoms with Crippen molar-refractivity contribution in [2.24, 2.45) is 0 Å². The highest BCUT2D eigenvalue weighted by atomic mass is 16.2. The molecule has 1 fully saturated rings. The topological polar surface area (TPSA) is 79.2 Å². The largest absolute Gasteiger partial charge is 0.353 e. The molecular weight excluding hydrogens is 366 g/mol. The van der Waals surface area contributed by atoms with E-state index in [-0.39, 0.29) is 6.03 Å². The van der Waals surface area contributed by atoms with Crippen molar-refractivity contribution in [3.63, 3.8) is 0 Å². The van der Waals surface area contributed by atoms with E-state index in [1.807, 2.05) is 62.2 Å². The first-order chi connectivity index (χ1) is 14.0. The molecule has 0 bridgehead atoms. The zero-order valence-electron chi connectivity index (χ0n) is 17.0. The van der Waals surface area contributed by atoms with E-state index in [1.54, 1.807) is 11.0 Å². The number of aromatic nitrogens is 4. The van der Waals surface area contributed by atoms with Crippen molar-refractivity contribution < 1.29 is 4.79 Å². The van der Waals surface area contributed by atoms with Gasteiger partial charge in [-0.1, -0.05) is 12.1 Å². The van der Waals surface area contributed by atoms with Gasteiger partial charge in [0.2, 0.25) is 0 Å². The third-order valence-corrected chi connectivity index (χ3v) is 5.33. The van der Waals surface area contributed by atoms with Crippen LogP contribution in [0.25, 0.3) is 5.82 Å². The fourth-order valence-corrected chi connectivity index (χ4v) is 3.40. The molecule has 150 valence electrons. The normalized spacial score (nSPS) is 14.2. The summed E-state index contributed by atoms with van der Waals surface area (Å²) in [6, 6.07) is 9.76. The second-order valence-electron chi connectivity index (χ2n) is 7.29. The van der Waals surface area contributed by atoms with Crippen LogP contribution in [0, 0.1) is 20.8 Å². The van der Waals surface area contributed by atoms with E-state index in [4.69, 9.17) is 0 Å². The molecule has 29 heavy (non-hydrogen) atoms. The summed E-state index contributed by atoms with van der Waals surface area (Å²) in [5, 5.41) is 7.44. The number of benzene rings is 1. The Morgan fingerprint density at radius 1 is 1.00 bits per heavy atom. The van der Waals surface area contributed by atoms with Crippen LogP contribution >= 0.6 is 0 Å². The minimum absolute atomic E-state index is 0.0613. The average molecular weight is 391 g/mol. The number of carbonyl (C=O) groups excluding carboxylic acids is 1. The van der Waals surface area contributed by atoms with Gasteiger partial charge in [0.1, 0.15) is 12.1 Å². The maximum absolute atomic E-state index is 12.7. The number of nitrogens with zero attached hydrogens (tertiary/aromatic N) is 6. The van der Waals surface area contributed by atoms with Gasteiger partial charge < -0.3 is 15.1 Å². The Kier molecular flexibility index (Phi) is 5.16. The van der Waals surface area contributed by atoms with E-state index in [0.29, 0.717) is 13.1 Å². The number of carbonyl (C=O) groups is 1. The van der Waals surface area contributed by atoms with Gasteiger partial charge in [0, 0.05) is 44.1 Å². The van der Waals surface area contributed by atoms with Crippen LogP contribution in [-0.4, -0.2) is 56.9 Å². The number of anilines is 2. The molecule has 1 aliphatic rings. The molecule has 8 heteroatoms. The molecule has 0 aliphatic carbocycles. The predicted molar refractivity (Wildman–Crippen MR) is 113 cm³/mol. The molecule has 0 unspecified atom stereocenters. The number of rotatable bonds is 3. The first-order valence-corrected chi connectivity index (χ1v) is 9.73. The first kappa shape index (κ1) is 18.9. The zero-order chi connectivity index (χ0) is 20.4. The number of aryl methyl sites for hydroxylation is 2. The molecule has 1 aliphatic heterocycles. The van der Waals surface area contributed by atoms with Gasteiger partial charge in [-0.15, -0.1) is 0 Å². The van der Waals surface area contributed by atoms with Gasteiger partial charge in [-0.25, -0.2) is 19.4 Å². The first-order valence-electron chi connectivity index (χ1n) is 9.73. The Balaban J connectivity index is 1.39. The molecule has 0 radical (unpaired) electrons. The van der Waals surface area contributed by atoms with Crippen LogP contribution < -0.4 is 10.2 Å². The van der Waals surface area contributed by atoms with Crippen molar-refractivity contribution >= 4 is 17.5 Å². The Hall–Kier alpha value is -3.42. The highest BCUT2D eigenvalue weighted by Gasteiger charge is 2.23. The molecular formula is C21H25N7O. The van der Waals surface area contributed by atoms with Gasteiger partial charge >= 0.3 is 6.03 Å². The number of urea groups is 1. The molecule has 3 aromatic rings. The van der Waals surface area contributed by atoms with Crippen LogP contribution in [0.4, 0.5) is 16.3 Å². The Bertz CT molecular complexity index is 1020. The summed E-state index contributed by atoms with van der Waals surface area (Å²) in [6.45, 7) is 8.72. The highest BCUT2D eigenvalue weighted by Crippen LogP contribution is 2.20. The van der Waals surface area contributed by atoms with Crippen LogP contribution in [0.1, 0.15) is 16.8 Å². The van der Waals surface area contributed by atoms with Crippen LogP contribution in [0.2, 0.25) is 0 Å². The summed E-state index contributed by atoms with van der Waals surface area (Å²) < 4.78 is 1.74. The minimum atomic E-state index is -0.0613. The molecule has 2 aromatic heterocycles. The van der Waals surface area contributed by atoms with E-state index in [0.717, 1.165) is 41.7 Å². The highest BCUT2D eigenvalue weighted by molar-refractivity contribution is 5.90. The summed E-state index contributed by atoms with van der Waals surface area (Å²) >= 11 is 0. The lowest BCUT2D eigenvalue weighted by atomic mass is 10.1. The lowest BCUT2D eigenvalue weighted by molar-refractivity contribution is 0.208. The zero-order valence-corrected chi connectivity index (χ0v) is 17.0. The molecule has 4 rings (SSSR count). The van der Waals surface area contributed by atoms with E-state index in [2.05, 4.69) is 25.3 Å². The van der Waals surface area contributed by atoms with Crippen molar-refractivity contribution in [1.82, 2.24) is 24.6 Å². The molecule has 0 saturated carbocycles. The fraction of sp³-hybridized carbons (Fsp3) is 0.333. The molecule has 3 heterocycles. The van der Waals surface area contributed by atoms with E-state index in [9.17, 15) is 4.79 Å². The quantitative estimate of drug-likeness (QED) is 0.743. The average Bonchev–Trinajstić information content (AvgIpc) is 3.18. The molecule has 1 saturated heterocycles. The van der Waals surface area contributed by atoms with Gasteiger partial charge in [-0.3, -0.25) is 0 Å². The second-order valence-corrected chi connectivity index (χ2v) is 7.29. The Labute approximate surface area is 170 Å². The number of hydrogen-bond acceptors (Lipinski definition) is 5. The van der Waals surface area contributed by atoms with Gasteiger partial charge in [0.25, 0.3) is 0 Å². The van der Waals surface area contributed by atoms with Crippen molar-refractivity contribution in [2.45, 2.75) is 20.8 Å². The standard InChI is InChI=1S/C21H25N7O/c1-15-5-4-6-18(17(15)3)24-21(29)27-11-9-26(10-12-27)19-13-20(23-14-22-19)28-8-7-16(2)25-28/h4-8,13-14H,9-12H2,1-3H3,(H,24,29). The lowest BCUT2D eigenvalue weighted by Gasteiger charge is -2.35. The maximum atomic E-state index is 12.7. The minimum Gasteiger partial charge on any atom is -0.353 e. The molecule has 2 amide bonds. The van der Waals surface area contributed by atoms with Crippen molar-refractivity contribution in [3.05, 3.63) is 59.7 Å². The van der Waals surface area contributed by atoms with Gasteiger partial charge in [0.05, 0.1) is 5.69 Å². The van der Waals surface area contributed by atoms with Crippen molar-refractivity contribution in [1.29, 1.82) is 0 Å². The Morgan fingerprint density at radius 2 is 1.76 bits per heavy atom. The lowest BCUT2D eigenvalue weighted by Crippen LogP contribution is -2.50. The van der Waals surface area contributed by atoms with E-state index < -0.39 is 0 Å². The van der Waals surface area contributed by atoms with Crippen LogP contribution in [-0.2, 0) is 0 Å². The number of hydrogen-bond donors (Lipinski definition) is 1. The summed E-state index contributed by atoms with van der Waals surface area (Å²) in [6.07, 6.45) is 3.44. The Morgan fingerprint density at radius 3 is 2.48 bits per heavy atom. The van der Waals surface area contributed by atoms with Crippen LogP contribution in [0.15, 0.2) is 42.9 Å². The maximum Gasteiger partial charge on any atom is 0.321 e. The van der Waals surface area contributed by atoms with Crippen molar-refractivity contribution in [3.8, 4) is 5.82 Å². The van der Waals surface area contributed by atoms with Crippen LogP contribution in [0.3, 0.4) is 0 Å². The molecule has 1 aromatic carbocycles. The second kappa shape index (κ2) is 7.90. The monoisotopic (exact) mass is 391 g/mol. The summed E-state index contributed by atoms with van der Waals surface area (Å²) in [7, 11) is 0. The number of piperazine rings is 1. The summed E-state index contributed by atoms with van der Waals surface area (Å²) in [4.78, 5) is 25.4. The van der Waals surface area contributed by atoms with E-state index in [1.165, 1.54) is 5.56 Å². The molecule has 1 N–H and O–H groups in total. The summed E-state index contributed by atoms with van der Waals surface area (Å²) in [5.41, 5.74) is 4.07. The van der Waals surface area contributed by atoms with Gasteiger partial charge in [-0.2, -0.15) is 5.10 Å². The molecule has 8 nitrogen and oxygen atoms in total. The van der Waals surface area contributed by atoms with Crippen LogP contribution in [0.5, 0.6) is 0 Å². The van der Waals surface area contributed by atoms with Crippen molar-refractivity contribution in [2.75, 3.05) is 36.4 Å². The third kappa shape index (κ3) is 4.06. The molecule has 0 atom stereocenters. The number of amides is 2.